The fourth-order valence-electron chi connectivity index (χ4n) is 1.42. The average molecular weight is 245 g/mol. The SMILES string of the molecule is CCCNC(=O)Nc1cc(C)ccc1C#CCN. The number of anilines is 1. The lowest BCUT2D eigenvalue weighted by atomic mass is 10.1. The van der Waals surface area contributed by atoms with E-state index >= 15 is 0 Å². The summed E-state index contributed by atoms with van der Waals surface area (Å²) in [6, 6.07) is 5.52. The second-order valence-electron chi connectivity index (χ2n) is 3.94. The number of hydrogen-bond acceptors (Lipinski definition) is 2. The van der Waals surface area contributed by atoms with E-state index in [1.807, 2.05) is 32.0 Å². The van der Waals surface area contributed by atoms with Gasteiger partial charge in [0, 0.05) is 12.1 Å². The predicted octanol–water partition coefficient (Wildman–Crippen LogP) is 1.84. The van der Waals surface area contributed by atoms with E-state index in [1.54, 1.807) is 0 Å². The first kappa shape index (κ1) is 14.1. The van der Waals surface area contributed by atoms with Gasteiger partial charge < -0.3 is 16.4 Å². The van der Waals surface area contributed by atoms with Crippen molar-refractivity contribution < 1.29 is 4.79 Å². The first-order valence-electron chi connectivity index (χ1n) is 6.01. The number of benzene rings is 1. The van der Waals surface area contributed by atoms with Gasteiger partial charge in [0.2, 0.25) is 0 Å². The molecule has 4 heteroatoms. The van der Waals surface area contributed by atoms with Crippen LogP contribution in [0.15, 0.2) is 18.2 Å². The highest BCUT2D eigenvalue weighted by atomic mass is 16.2. The van der Waals surface area contributed by atoms with Crippen molar-refractivity contribution in [1.29, 1.82) is 0 Å². The van der Waals surface area contributed by atoms with Gasteiger partial charge in [0.15, 0.2) is 0 Å². The summed E-state index contributed by atoms with van der Waals surface area (Å²) in [6.07, 6.45) is 0.904. The zero-order chi connectivity index (χ0) is 13.4. The van der Waals surface area contributed by atoms with E-state index in [1.165, 1.54) is 0 Å². The van der Waals surface area contributed by atoms with Crippen LogP contribution in [0, 0.1) is 18.8 Å². The highest BCUT2D eigenvalue weighted by Crippen LogP contribution is 2.16. The van der Waals surface area contributed by atoms with E-state index in [-0.39, 0.29) is 6.03 Å². The minimum atomic E-state index is -0.210. The Kier molecular flexibility index (Phi) is 5.75. The molecule has 4 nitrogen and oxygen atoms in total. The molecule has 0 aromatic heterocycles. The van der Waals surface area contributed by atoms with Crippen LogP contribution in [-0.2, 0) is 0 Å². The van der Waals surface area contributed by atoms with Gasteiger partial charge in [0.1, 0.15) is 0 Å². The molecule has 1 rings (SSSR count). The molecule has 0 atom stereocenters. The Morgan fingerprint density at radius 3 is 2.89 bits per heavy atom. The Hall–Kier alpha value is -1.99. The van der Waals surface area contributed by atoms with Gasteiger partial charge in [0.05, 0.1) is 12.2 Å². The lowest BCUT2D eigenvalue weighted by molar-refractivity contribution is 0.252. The zero-order valence-corrected chi connectivity index (χ0v) is 10.8. The molecule has 0 unspecified atom stereocenters. The van der Waals surface area contributed by atoms with Crippen LogP contribution in [0.1, 0.15) is 24.5 Å². The van der Waals surface area contributed by atoms with E-state index in [4.69, 9.17) is 5.73 Å². The molecule has 0 fully saturated rings. The smallest absolute Gasteiger partial charge is 0.319 e. The van der Waals surface area contributed by atoms with Crippen LogP contribution in [0.2, 0.25) is 0 Å². The number of nitrogens with one attached hydrogen (secondary N) is 2. The first-order chi connectivity index (χ1) is 8.67. The molecule has 0 bridgehead atoms. The number of rotatable bonds is 3. The summed E-state index contributed by atoms with van der Waals surface area (Å²) in [5.74, 6) is 5.73. The van der Waals surface area contributed by atoms with Crippen molar-refractivity contribution in [3.63, 3.8) is 0 Å². The lowest BCUT2D eigenvalue weighted by Gasteiger charge is -2.09. The summed E-state index contributed by atoms with van der Waals surface area (Å²) in [6.45, 7) is 4.93. The van der Waals surface area contributed by atoms with Gasteiger partial charge in [-0.25, -0.2) is 4.79 Å². The van der Waals surface area contributed by atoms with Crippen molar-refractivity contribution in [2.24, 2.45) is 5.73 Å². The molecular formula is C14H19N3O. The molecule has 96 valence electrons. The Labute approximate surface area is 108 Å². The van der Waals surface area contributed by atoms with Crippen LogP contribution in [0.25, 0.3) is 0 Å². The zero-order valence-electron chi connectivity index (χ0n) is 10.8. The summed E-state index contributed by atoms with van der Waals surface area (Å²) < 4.78 is 0. The molecule has 2 amide bonds. The van der Waals surface area contributed by atoms with E-state index < -0.39 is 0 Å². The quantitative estimate of drug-likeness (QED) is 0.711. The summed E-state index contributed by atoms with van der Waals surface area (Å²) in [4.78, 5) is 11.6. The number of urea groups is 1. The van der Waals surface area contributed by atoms with E-state index in [0.29, 0.717) is 18.8 Å². The van der Waals surface area contributed by atoms with Crippen molar-refractivity contribution >= 4 is 11.7 Å². The predicted molar refractivity (Wildman–Crippen MR) is 74.4 cm³/mol. The average Bonchev–Trinajstić information content (AvgIpc) is 2.35. The molecule has 1 aromatic carbocycles. The third-order valence-electron chi connectivity index (χ3n) is 2.28. The maximum Gasteiger partial charge on any atom is 0.319 e. The van der Waals surface area contributed by atoms with Crippen molar-refractivity contribution in [1.82, 2.24) is 5.32 Å². The molecular weight excluding hydrogens is 226 g/mol. The first-order valence-corrected chi connectivity index (χ1v) is 6.01. The largest absolute Gasteiger partial charge is 0.338 e. The fourth-order valence-corrected chi connectivity index (χ4v) is 1.42. The number of aryl methyl sites for hydroxylation is 1. The molecule has 0 aliphatic rings. The normalized spacial score (nSPS) is 9.28. The van der Waals surface area contributed by atoms with Crippen LogP contribution in [0.3, 0.4) is 0 Å². The van der Waals surface area contributed by atoms with Crippen LogP contribution >= 0.6 is 0 Å². The van der Waals surface area contributed by atoms with Crippen LogP contribution in [-0.4, -0.2) is 19.1 Å². The van der Waals surface area contributed by atoms with Gasteiger partial charge in [-0.3, -0.25) is 0 Å². The van der Waals surface area contributed by atoms with Crippen molar-refractivity contribution in [2.45, 2.75) is 20.3 Å². The van der Waals surface area contributed by atoms with Gasteiger partial charge in [-0.15, -0.1) is 0 Å². The highest BCUT2D eigenvalue weighted by molar-refractivity contribution is 5.90. The Bertz CT molecular complexity index is 472. The summed E-state index contributed by atoms with van der Waals surface area (Å²) >= 11 is 0. The molecule has 4 N–H and O–H groups in total. The van der Waals surface area contributed by atoms with Gasteiger partial charge in [0.25, 0.3) is 0 Å². The highest BCUT2D eigenvalue weighted by Gasteiger charge is 2.04. The number of carbonyl (C=O) groups excluding carboxylic acids is 1. The molecule has 0 saturated heterocycles. The Morgan fingerprint density at radius 2 is 2.22 bits per heavy atom. The monoisotopic (exact) mass is 245 g/mol. The maximum absolute atomic E-state index is 11.6. The number of nitrogens with two attached hydrogens (primary N) is 1. The fraction of sp³-hybridized carbons (Fsp3) is 0.357. The molecule has 0 aliphatic carbocycles. The van der Waals surface area contributed by atoms with Crippen LogP contribution in [0.5, 0.6) is 0 Å². The van der Waals surface area contributed by atoms with Crippen molar-refractivity contribution in [2.75, 3.05) is 18.4 Å². The molecule has 1 aromatic rings. The molecule has 18 heavy (non-hydrogen) atoms. The Morgan fingerprint density at radius 1 is 1.44 bits per heavy atom. The summed E-state index contributed by atoms with van der Waals surface area (Å²) in [5.41, 5.74) is 7.91. The van der Waals surface area contributed by atoms with Crippen molar-refractivity contribution in [3.05, 3.63) is 29.3 Å². The lowest BCUT2D eigenvalue weighted by Crippen LogP contribution is -2.29. The van der Waals surface area contributed by atoms with Gasteiger partial charge in [-0.05, 0) is 31.0 Å². The third kappa shape index (κ3) is 4.48. The van der Waals surface area contributed by atoms with Gasteiger partial charge in [-0.1, -0.05) is 24.8 Å². The molecule has 0 heterocycles. The number of amides is 2. The molecule has 0 aliphatic heterocycles. The number of hydrogen-bond donors (Lipinski definition) is 3. The molecule has 0 spiro atoms. The van der Waals surface area contributed by atoms with E-state index in [0.717, 1.165) is 17.5 Å². The maximum atomic E-state index is 11.6. The second kappa shape index (κ2) is 7.36. The molecule has 0 saturated carbocycles. The minimum absolute atomic E-state index is 0.210. The minimum Gasteiger partial charge on any atom is -0.338 e. The van der Waals surface area contributed by atoms with E-state index in [2.05, 4.69) is 22.5 Å². The standard InChI is InChI=1S/C14H19N3O/c1-3-9-16-14(18)17-13-10-11(2)6-7-12(13)5-4-8-15/h6-7,10H,3,8-9,15H2,1-2H3,(H2,16,17,18). The number of carbonyl (C=O) groups is 1. The Balaban J connectivity index is 2.85. The summed E-state index contributed by atoms with van der Waals surface area (Å²) in [7, 11) is 0. The van der Waals surface area contributed by atoms with Gasteiger partial charge in [-0.2, -0.15) is 0 Å². The summed E-state index contributed by atoms with van der Waals surface area (Å²) in [5, 5.41) is 5.56. The second-order valence-corrected chi connectivity index (χ2v) is 3.94. The van der Waals surface area contributed by atoms with Gasteiger partial charge >= 0.3 is 6.03 Å². The van der Waals surface area contributed by atoms with Crippen LogP contribution in [0.4, 0.5) is 10.5 Å². The van der Waals surface area contributed by atoms with Crippen LogP contribution < -0.4 is 16.4 Å². The van der Waals surface area contributed by atoms with Crippen molar-refractivity contribution in [3.8, 4) is 11.8 Å². The topological polar surface area (TPSA) is 67.2 Å². The van der Waals surface area contributed by atoms with E-state index in [9.17, 15) is 4.79 Å². The third-order valence-corrected chi connectivity index (χ3v) is 2.28. The molecule has 0 radical (unpaired) electrons.